The number of anilines is 1. The van der Waals surface area contributed by atoms with E-state index >= 15 is 0 Å². The Bertz CT molecular complexity index is 1630. The van der Waals surface area contributed by atoms with E-state index in [0.717, 1.165) is 0 Å². The number of hydrogen-bond acceptors (Lipinski definition) is 6. The van der Waals surface area contributed by atoms with Gasteiger partial charge in [-0.1, -0.05) is 6.07 Å². The number of carbonyl (C=O) groups is 2. The molecule has 2 aromatic carbocycles. The van der Waals surface area contributed by atoms with Gasteiger partial charge in [-0.25, -0.2) is 4.39 Å². The van der Waals surface area contributed by atoms with Gasteiger partial charge >= 0.3 is 18.3 Å². The monoisotopic (exact) mass is 682 g/mol. The predicted octanol–water partition coefficient (Wildman–Crippen LogP) is 8.53. The van der Waals surface area contributed by atoms with Gasteiger partial charge in [0.2, 0.25) is 0 Å². The summed E-state index contributed by atoms with van der Waals surface area (Å²) >= 11 is 0. The zero-order valence-electron chi connectivity index (χ0n) is 26.9. The summed E-state index contributed by atoms with van der Waals surface area (Å²) in [5, 5.41) is 13.9. The number of aromatic nitrogens is 1. The number of aryl methyl sites for hydroxylation is 1. The smallest absolute Gasteiger partial charge is 0.416 e. The van der Waals surface area contributed by atoms with Crippen molar-refractivity contribution in [3.63, 3.8) is 0 Å². The van der Waals surface area contributed by atoms with Gasteiger partial charge in [0.05, 0.1) is 53.6 Å². The lowest BCUT2D eigenvalue weighted by molar-refractivity contribution is -0.150. The van der Waals surface area contributed by atoms with Crippen molar-refractivity contribution in [2.75, 3.05) is 18.5 Å². The Morgan fingerprint density at radius 1 is 0.938 bits per heavy atom. The van der Waals surface area contributed by atoms with Crippen LogP contribution in [0.3, 0.4) is 0 Å². The summed E-state index contributed by atoms with van der Waals surface area (Å²) in [6.45, 7) is 5.63. The van der Waals surface area contributed by atoms with E-state index in [1.165, 1.54) is 32.2 Å². The van der Waals surface area contributed by atoms with Crippen molar-refractivity contribution >= 4 is 17.4 Å². The number of Topliss-reactive ketones (excluding diaryl/α,β-unsaturated/α-hetero) is 1. The fourth-order valence-electron chi connectivity index (χ4n) is 5.97. The van der Waals surface area contributed by atoms with Crippen molar-refractivity contribution in [1.29, 1.82) is 0 Å². The molecule has 0 radical (unpaired) electrons. The number of rotatable bonds is 10. The van der Waals surface area contributed by atoms with Crippen molar-refractivity contribution in [3.05, 3.63) is 82.4 Å². The number of halogens is 7. The third kappa shape index (κ3) is 8.53. The van der Waals surface area contributed by atoms with E-state index in [-0.39, 0.29) is 25.0 Å². The largest absolute Gasteiger partial charge is 0.466 e. The molecule has 0 bridgehead atoms. The highest BCUT2D eigenvalue weighted by atomic mass is 19.4. The van der Waals surface area contributed by atoms with Crippen LogP contribution in [0.2, 0.25) is 0 Å². The van der Waals surface area contributed by atoms with E-state index in [2.05, 4.69) is 10.3 Å². The minimum atomic E-state index is -5.07. The molecular weight excluding hydrogens is 645 g/mol. The molecular formula is C35H37F7N2O4. The Hall–Kier alpha value is -4.00. The van der Waals surface area contributed by atoms with Gasteiger partial charge in [0.15, 0.2) is 5.78 Å². The molecule has 3 aromatic rings. The molecule has 0 saturated heterocycles. The Labute approximate surface area is 273 Å². The topological polar surface area (TPSA) is 88.5 Å². The number of aliphatic hydroxyl groups is 1. The molecule has 0 amide bonds. The molecule has 0 unspecified atom stereocenters. The average molecular weight is 683 g/mol. The van der Waals surface area contributed by atoms with Crippen molar-refractivity contribution < 1.29 is 50.2 Å². The van der Waals surface area contributed by atoms with E-state index in [9.17, 15) is 45.4 Å². The molecule has 13 heteroatoms. The van der Waals surface area contributed by atoms with Gasteiger partial charge in [-0.05, 0) is 106 Å². The summed E-state index contributed by atoms with van der Waals surface area (Å²) in [6, 6.07) is 7.05. The fraction of sp³-hybridized carbons (Fsp3) is 0.457. The molecule has 1 aromatic heterocycles. The second-order valence-corrected chi connectivity index (χ2v) is 12.8. The van der Waals surface area contributed by atoms with Gasteiger partial charge in [0.1, 0.15) is 5.82 Å². The summed E-state index contributed by atoms with van der Waals surface area (Å²) in [5.41, 5.74) is -3.71. The Morgan fingerprint density at radius 2 is 1.52 bits per heavy atom. The molecule has 1 heterocycles. The molecule has 260 valence electrons. The molecule has 4 rings (SSSR count). The first-order valence-electron chi connectivity index (χ1n) is 15.4. The number of nitrogens with zero attached hydrogens (tertiary/aromatic N) is 1. The van der Waals surface area contributed by atoms with Crippen LogP contribution in [-0.4, -0.2) is 40.6 Å². The maximum absolute atomic E-state index is 14.0. The fourth-order valence-corrected chi connectivity index (χ4v) is 5.97. The van der Waals surface area contributed by atoms with Gasteiger partial charge in [-0.3, -0.25) is 14.6 Å². The molecule has 1 aliphatic rings. The van der Waals surface area contributed by atoms with E-state index in [0.29, 0.717) is 65.9 Å². The second-order valence-electron chi connectivity index (χ2n) is 12.8. The van der Waals surface area contributed by atoms with Crippen LogP contribution in [0.1, 0.15) is 86.7 Å². The highest BCUT2D eigenvalue weighted by molar-refractivity contribution is 5.93. The quantitative estimate of drug-likeness (QED) is 0.165. The van der Waals surface area contributed by atoms with Crippen molar-refractivity contribution in [3.8, 4) is 11.1 Å². The number of hydrogen-bond donors (Lipinski definition) is 2. The van der Waals surface area contributed by atoms with Crippen LogP contribution in [0, 0.1) is 12.7 Å². The summed E-state index contributed by atoms with van der Waals surface area (Å²) in [5.74, 6) is -1.73. The Balaban J connectivity index is 1.62. The third-order valence-corrected chi connectivity index (χ3v) is 8.96. The molecule has 48 heavy (non-hydrogen) atoms. The predicted molar refractivity (Wildman–Crippen MR) is 165 cm³/mol. The highest BCUT2D eigenvalue weighted by Gasteiger charge is 2.40. The lowest BCUT2D eigenvalue weighted by Gasteiger charge is -2.35. The van der Waals surface area contributed by atoms with Crippen LogP contribution in [0.4, 0.5) is 36.4 Å². The lowest BCUT2D eigenvalue weighted by Crippen LogP contribution is -2.36. The standard InChI is InChI=1S/C35H37F7N2O4/c1-5-48-31(46)17-33(47)10-8-21(9-11-33)28-16-27(26-7-6-25(36)12-20(26)2)29(18-43-28)44-19-30(45)32(3,4)22-13-23(34(37,38)39)15-24(14-22)35(40,41)42/h6-7,12-16,18,21,44,47H,5,8-11,17,19H2,1-4H3. The number of pyridine rings is 1. The van der Waals surface area contributed by atoms with Crippen LogP contribution in [0.15, 0.2) is 48.7 Å². The molecule has 0 atom stereocenters. The van der Waals surface area contributed by atoms with Crippen molar-refractivity contribution in [2.24, 2.45) is 0 Å². The first-order valence-corrected chi connectivity index (χ1v) is 15.4. The summed E-state index contributed by atoms with van der Waals surface area (Å²) in [7, 11) is 0. The normalized spacial score (nSPS) is 18.8. The van der Waals surface area contributed by atoms with E-state index in [1.807, 2.05) is 0 Å². The van der Waals surface area contributed by atoms with Gasteiger partial charge in [0, 0.05) is 17.2 Å². The molecule has 1 fully saturated rings. The Kier molecular flexibility index (Phi) is 10.6. The number of ether oxygens (including phenoxy) is 1. The average Bonchev–Trinajstić information content (AvgIpc) is 2.99. The van der Waals surface area contributed by atoms with Crippen molar-refractivity contribution in [2.45, 2.75) is 89.1 Å². The zero-order valence-corrected chi connectivity index (χ0v) is 26.9. The molecule has 0 aliphatic heterocycles. The summed E-state index contributed by atoms with van der Waals surface area (Å²) < 4.78 is 100. The highest BCUT2D eigenvalue weighted by Crippen LogP contribution is 2.42. The van der Waals surface area contributed by atoms with Gasteiger partial charge in [-0.15, -0.1) is 0 Å². The number of ketones is 1. The van der Waals surface area contributed by atoms with Gasteiger partial charge < -0.3 is 15.2 Å². The second kappa shape index (κ2) is 13.9. The molecule has 1 aliphatic carbocycles. The van der Waals surface area contributed by atoms with Crippen LogP contribution in [0.5, 0.6) is 0 Å². The number of nitrogens with one attached hydrogen (secondary N) is 1. The van der Waals surface area contributed by atoms with E-state index < -0.39 is 64.2 Å². The van der Waals surface area contributed by atoms with Crippen LogP contribution in [0.25, 0.3) is 11.1 Å². The SMILES string of the molecule is CCOC(=O)CC1(O)CCC(c2cc(-c3ccc(F)cc3C)c(NCC(=O)C(C)(C)c3cc(C(F)(F)F)cc(C(F)(F)F)c3)cn2)CC1. The van der Waals surface area contributed by atoms with Crippen molar-refractivity contribution in [1.82, 2.24) is 4.98 Å². The number of carbonyl (C=O) groups excluding carboxylic acids is 2. The lowest BCUT2D eigenvalue weighted by atomic mass is 9.75. The molecule has 2 N–H and O–H groups in total. The number of benzene rings is 2. The number of alkyl halides is 6. The van der Waals surface area contributed by atoms with E-state index in [4.69, 9.17) is 4.74 Å². The Morgan fingerprint density at radius 3 is 2.06 bits per heavy atom. The number of esters is 1. The summed E-state index contributed by atoms with van der Waals surface area (Å²) in [6.07, 6.45) is -7.09. The summed E-state index contributed by atoms with van der Waals surface area (Å²) in [4.78, 5) is 30.0. The first kappa shape index (κ1) is 36.8. The first-order chi connectivity index (χ1) is 22.2. The maximum Gasteiger partial charge on any atom is 0.416 e. The molecule has 6 nitrogen and oxygen atoms in total. The van der Waals surface area contributed by atoms with Crippen LogP contribution >= 0.6 is 0 Å². The minimum Gasteiger partial charge on any atom is -0.466 e. The van der Waals surface area contributed by atoms with E-state index in [1.54, 1.807) is 26.0 Å². The van der Waals surface area contributed by atoms with Gasteiger partial charge in [0.25, 0.3) is 0 Å². The molecule has 0 spiro atoms. The maximum atomic E-state index is 14.0. The third-order valence-electron chi connectivity index (χ3n) is 8.96. The van der Waals surface area contributed by atoms with Gasteiger partial charge in [-0.2, -0.15) is 26.3 Å². The van der Waals surface area contributed by atoms with Crippen LogP contribution < -0.4 is 5.32 Å². The minimum absolute atomic E-state index is 0.0140. The zero-order chi connectivity index (χ0) is 35.7. The van der Waals surface area contributed by atoms with Crippen LogP contribution in [-0.2, 0) is 32.1 Å². The molecule has 1 saturated carbocycles.